The van der Waals surface area contributed by atoms with Crippen molar-refractivity contribution in [3.63, 3.8) is 0 Å². The Kier molecular flexibility index (Phi) is 8.48. The van der Waals surface area contributed by atoms with Crippen LogP contribution in [0.1, 0.15) is 51.0 Å². The molecule has 2 aromatic rings. The Morgan fingerprint density at radius 3 is 2.48 bits per heavy atom. The lowest BCUT2D eigenvalue weighted by Crippen LogP contribution is -2.31. The number of amides is 1. The van der Waals surface area contributed by atoms with E-state index in [4.69, 9.17) is 21.7 Å². The summed E-state index contributed by atoms with van der Waals surface area (Å²) < 4.78 is 2.08. The lowest BCUT2D eigenvalue weighted by atomic mass is 9.96. The Hall–Kier alpha value is -2.39. The summed E-state index contributed by atoms with van der Waals surface area (Å²) in [6.07, 6.45) is 13.2. The van der Waals surface area contributed by atoms with E-state index < -0.39 is 6.09 Å². The number of carbonyl (C=O) groups is 1. The Labute approximate surface area is 188 Å². The molecule has 0 unspecified atom stereocenters. The Morgan fingerprint density at radius 1 is 1.16 bits per heavy atom. The molecule has 0 atom stereocenters. The number of hydrogen-bond acceptors (Lipinski definition) is 6. The minimum absolute atomic E-state index is 0.459. The molecule has 2 fully saturated rings. The molecule has 0 aromatic carbocycles. The Balaban J connectivity index is 0.000000491. The van der Waals surface area contributed by atoms with Gasteiger partial charge in [0.15, 0.2) is 0 Å². The van der Waals surface area contributed by atoms with Crippen LogP contribution in [0.15, 0.2) is 18.6 Å². The zero-order valence-electron chi connectivity index (χ0n) is 18.2. The maximum Gasteiger partial charge on any atom is 0.404 e. The molecule has 4 rings (SSSR count). The monoisotopic (exact) mass is 449 g/mol. The number of anilines is 1. The van der Waals surface area contributed by atoms with Gasteiger partial charge in [-0.1, -0.05) is 30.9 Å². The SMILES string of the molecule is CN1CCC(n2cc(-c3nc(NC4CCCCC4)ncc3Cl)cn2)CC1.CNC(=O)O. The lowest BCUT2D eigenvalue weighted by molar-refractivity contribution is 0.197. The van der Waals surface area contributed by atoms with E-state index in [0.29, 0.717) is 23.1 Å². The Bertz CT molecular complexity index is 846. The van der Waals surface area contributed by atoms with E-state index >= 15 is 0 Å². The van der Waals surface area contributed by atoms with Gasteiger partial charge >= 0.3 is 6.09 Å². The summed E-state index contributed by atoms with van der Waals surface area (Å²) in [7, 11) is 3.52. The van der Waals surface area contributed by atoms with Crippen molar-refractivity contribution in [2.24, 2.45) is 0 Å². The molecule has 31 heavy (non-hydrogen) atoms. The maximum atomic E-state index is 9.26. The Morgan fingerprint density at radius 2 is 1.84 bits per heavy atom. The van der Waals surface area contributed by atoms with Gasteiger partial charge in [0, 0.05) is 24.8 Å². The van der Waals surface area contributed by atoms with Crippen LogP contribution in [0.5, 0.6) is 0 Å². The summed E-state index contributed by atoms with van der Waals surface area (Å²) in [4.78, 5) is 20.7. The van der Waals surface area contributed by atoms with Gasteiger partial charge in [-0.25, -0.2) is 14.8 Å². The first-order valence-corrected chi connectivity index (χ1v) is 11.3. The van der Waals surface area contributed by atoms with Gasteiger partial charge in [0.25, 0.3) is 0 Å². The molecular weight excluding hydrogens is 418 g/mol. The van der Waals surface area contributed by atoms with E-state index in [1.807, 2.05) is 11.5 Å². The third-order valence-electron chi connectivity index (χ3n) is 5.83. The highest BCUT2D eigenvalue weighted by atomic mass is 35.5. The standard InChI is InChI=1S/C19H27ClN6.C2H5NO2/c1-25-9-7-16(8-10-25)26-13-14(11-22-26)18-17(20)12-21-19(24-18)23-15-5-3-2-4-6-15;1-3-2(4)5/h11-13,15-16H,2-10H2,1H3,(H,21,23,24);3H,1H3,(H,4,5). The van der Waals surface area contributed by atoms with Crippen LogP contribution in [0.25, 0.3) is 11.3 Å². The smallest absolute Gasteiger partial charge is 0.404 e. The quantitative estimate of drug-likeness (QED) is 0.649. The summed E-state index contributed by atoms with van der Waals surface area (Å²) in [5, 5.41) is 18.2. The molecule has 0 radical (unpaired) electrons. The summed E-state index contributed by atoms with van der Waals surface area (Å²) >= 11 is 6.39. The van der Waals surface area contributed by atoms with Gasteiger partial charge in [0.2, 0.25) is 5.95 Å². The third-order valence-corrected chi connectivity index (χ3v) is 6.11. The average Bonchev–Trinajstić information content (AvgIpc) is 3.27. The van der Waals surface area contributed by atoms with E-state index in [0.717, 1.165) is 37.2 Å². The largest absolute Gasteiger partial charge is 0.465 e. The fourth-order valence-electron chi connectivity index (χ4n) is 3.99. The van der Waals surface area contributed by atoms with E-state index in [-0.39, 0.29) is 0 Å². The topological polar surface area (TPSA) is 108 Å². The molecule has 1 amide bonds. The van der Waals surface area contributed by atoms with Crippen molar-refractivity contribution in [1.82, 2.24) is 30.0 Å². The van der Waals surface area contributed by atoms with Gasteiger partial charge in [-0.15, -0.1) is 0 Å². The molecule has 9 nitrogen and oxygen atoms in total. The number of piperidine rings is 1. The summed E-state index contributed by atoms with van der Waals surface area (Å²) in [6.45, 7) is 2.23. The highest BCUT2D eigenvalue weighted by Crippen LogP contribution is 2.29. The number of carboxylic acid groups (broad SMARTS) is 1. The van der Waals surface area contributed by atoms with Crippen LogP contribution < -0.4 is 10.6 Å². The third kappa shape index (κ3) is 6.80. The number of nitrogens with zero attached hydrogens (tertiary/aromatic N) is 5. The van der Waals surface area contributed by atoms with Crippen molar-refractivity contribution in [2.75, 3.05) is 32.5 Å². The first-order chi connectivity index (χ1) is 15.0. The van der Waals surface area contributed by atoms with Crippen LogP contribution in [0.2, 0.25) is 5.02 Å². The average molecular weight is 450 g/mol. The van der Waals surface area contributed by atoms with Crippen LogP contribution >= 0.6 is 11.6 Å². The molecule has 2 aliphatic rings. The summed E-state index contributed by atoms with van der Waals surface area (Å²) in [5.74, 6) is 0.670. The minimum atomic E-state index is -0.995. The van der Waals surface area contributed by atoms with E-state index in [2.05, 4.69) is 38.2 Å². The van der Waals surface area contributed by atoms with Crippen molar-refractivity contribution in [1.29, 1.82) is 0 Å². The summed E-state index contributed by atoms with van der Waals surface area (Å²) in [6, 6.07) is 0.931. The molecule has 170 valence electrons. The van der Waals surface area contributed by atoms with Gasteiger partial charge in [0.05, 0.1) is 29.2 Å². The van der Waals surface area contributed by atoms with Gasteiger partial charge < -0.3 is 20.6 Å². The fourth-order valence-corrected chi connectivity index (χ4v) is 4.19. The van der Waals surface area contributed by atoms with Crippen molar-refractivity contribution in [3.8, 4) is 11.3 Å². The molecule has 3 N–H and O–H groups in total. The van der Waals surface area contributed by atoms with Crippen molar-refractivity contribution in [3.05, 3.63) is 23.6 Å². The number of rotatable bonds is 4. The van der Waals surface area contributed by atoms with Crippen LogP contribution in [-0.4, -0.2) is 69.1 Å². The minimum Gasteiger partial charge on any atom is -0.465 e. The zero-order chi connectivity index (χ0) is 22.2. The molecular formula is C21H32ClN7O2. The van der Waals surface area contributed by atoms with Crippen LogP contribution in [0.4, 0.5) is 10.7 Å². The first kappa shape index (κ1) is 23.3. The van der Waals surface area contributed by atoms with Crippen molar-refractivity contribution in [2.45, 2.75) is 57.0 Å². The zero-order valence-corrected chi connectivity index (χ0v) is 19.0. The number of aromatic nitrogens is 4. The van der Waals surface area contributed by atoms with Crippen LogP contribution in [-0.2, 0) is 0 Å². The number of halogens is 1. The second-order valence-electron chi connectivity index (χ2n) is 8.17. The normalized spacial score (nSPS) is 18.2. The number of nitrogens with one attached hydrogen (secondary N) is 2. The van der Waals surface area contributed by atoms with Gasteiger partial charge in [0.1, 0.15) is 0 Å². The molecule has 1 aliphatic carbocycles. The van der Waals surface area contributed by atoms with Gasteiger partial charge in [-0.05, 0) is 45.8 Å². The second-order valence-corrected chi connectivity index (χ2v) is 8.58. The lowest BCUT2D eigenvalue weighted by Gasteiger charge is -2.28. The first-order valence-electron chi connectivity index (χ1n) is 10.9. The maximum absolute atomic E-state index is 9.26. The summed E-state index contributed by atoms with van der Waals surface area (Å²) in [5.41, 5.74) is 1.72. The molecule has 0 bridgehead atoms. The molecule has 1 saturated heterocycles. The number of hydrogen-bond donors (Lipinski definition) is 3. The van der Waals surface area contributed by atoms with Crippen LogP contribution in [0, 0.1) is 0 Å². The van der Waals surface area contributed by atoms with Gasteiger partial charge in [-0.2, -0.15) is 5.10 Å². The molecule has 3 heterocycles. The van der Waals surface area contributed by atoms with E-state index in [1.165, 1.54) is 39.2 Å². The predicted octanol–water partition coefficient (Wildman–Crippen LogP) is 3.89. The second kappa shape index (κ2) is 11.3. The highest BCUT2D eigenvalue weighted by Gasteiger charge is 2.20. The molecule has 1 saturated carbocycles. The van der Waals surface area contributed by atoms with E-state index in [1.54, 1.807) is 6.20 Å². The molecule has 10 heteroatoms. The number of likely N-dealkylation sites (tertiary alicyclic amines) is 1. The molecule has 2 aromatic heterocycles. The van der Waals surface area contributed by atoms with E-state index in [9.17, 15) is 4.79 Å². The van der Waals surface area contributed by atoms with Gasteiger partial charge in [-0.3, -0.25) is 4.68 Å². The van der Waals surface area contributed by atoms with Crippen molar-refractivity contribution < 1.29 is 9.90 Å². The highest BCUT2D eigenvalue weighted by molar-refractivity contribution is 6.32. The molecule has 0 spiro atoms. The fraction of sp³-hybridized carbons (Fsp3) is 0.619. The predicted molar refractivity (Wildman–Crippen MR) is 122 cm³/mol. The van der Waals surface area contributed by atoms with Crippen LogP contribution in [0.3, 0.4) is 0 Å². The van der Waals surface area contributed by atoms with Crippen molar-refractivity contribution >= 4 is 23.6 Å². The molecule has 1 aliphatic heterocycles.